The molecule has 8 nitrogen and oxygen atoms in total. The van der Waals surface area contributed by atoms with E-state index in [0.29, 0.717) is 11.0 Å². The van der Waals surface area contributed by atoms with Gasteiger partial charge in [0.1, 0.15) is 0 Å². The van der Waals surface area contributed by atoms with Crippen LogP contribution >= 0.6 is 23.4 Å². The van der Waals surface area contributed by atoms with Gasteiger partial charge in [0.25, 0.3) is 5.91 Å². The monoisotopic (exact) mass is 563 g/mol. The number of rotatable bonds is 8. The average Bonchev–Trinajstić information content (AvgIpc) is 3.54. The first-order valence-electron chi connectivity index (χ1n) is 11.2. The molecule has 0 saturated heterocycles. The molecule has 38 heavy (non-hydrogen) atoms. The summed E-state index contributed by atoms with van der Waals surface area (Å²) < 4.78 is 46.0. The van der Waals surface area contributed by atoms with Gasteiger partial charge in [0.2, 0.25) is 5.91 Å². The van der Waals surface area contributed by atoms with Gasteiger partial charge in [-0.15, -0.1) is 10.2 Å². The van der Waals surface area contributed by atoms with Crippen molar-refractivity contribution in [2.75, 3.05) is 11.1 Å². The second-order valence-corrected chi connectivity index (χ2v) is 9.49. The molecule has 4 rings (SSSR count). The molecule has 4 aromatic rings. The molecule has 0 radical (unpaired) electrons. The zero-order valence-corrected chi connectivity index (χ0v) is 21.7. The molecule has 0 unspecified atom stereocenters. The maximum absolute atomic E-state index is 13.1. The van der Waals surface area contributed by atoms with Crippen LogP contribution in [0.4, 0.5) is 18.9 Å². The van der Waals surface area contributed by atoms with Gasteiger partial charge in [-0.05, 0) is 61.4 Å². The molecule has 0 saturated carbocycles. The molecule has 198 valence electrons. The Balaban J connectivity index is 1.54. The Hall–Kier alpha value is -3.77. The summed E-state index contributed by atoms with van der Waals surface area (Å²) in [6, 6.07) is 11.5. The predicted octanol–water partition coefficient (Wildman–Crippen LogP) is 5.81. The molecule has 13 heteroatoms. The second-order valence-electron chi connectivity index (χ2n) is 8.14. The molecule has 0 aliphatic carbocycles. The van der Waals surface area contributed by atoms with Crippen molar-refractivity contribution < 1.29 is 27.2 Å². The minimum Gasteiger partial charge on any atom is -0.459 e. The first-order valence-corrected chi connectivity index (χ1v) is 12.5. The van der Waals surface area contributed by atoms with Gasteiger partial charge in [0, 0.05) is 0 Å². The maximum Gasteiger partial charge on any atom is 0.416 e. The summed E-state index contributed by atoms with van der Waals surface area (Å²) in [5.74, 6) is -0.657. The lowest BCUT2D eigenvalue weighted by molar-refractivity contribution is -0.137. The number of halogens is 4. The summed E-state index contributed by atoms with van der Waals surface area (Å²) in [5, 5.41) is 13.9. The van der Waals surface area contributed by atoms with E-state index in [1.54, 1.807) is 10.6 Å². The van der Waals surface area contributed by atoms with E-state index in [1.807, 2.05) is 32.0 Å². The number of benzene rings is 2. The molecule has 0 aliphatic heterocycles. The summed E-state index contributed by atoms with van der Waals surface area (Å²) in [6.45, 7) is 3.89. The van der Waals surface area contributed by atoms with Crippen molar-refractivity contribution in [3.8, 4) is 5.69 Å². The first kappa shape index (κ1) is 27.3. The van der Waals surface area contributed by atoms with Crippen LogP contribution in [0.15, 0.2) is 64.4 Å². The molecule has 2 amide bonds. The summed E-state index contributed by atoms with van der Waals surface area (Å²) in [6.07, 6.45) is -3.19. The number of aromatic nitrogens is 3. The van der Waals surface area contributed by atoms with E-state index in [-0.39, 0.29) is 28.8 Å². The molecule has 2 N–H and O–H groups in total. The van der Waals surface area contributed by atoms with Crippen LogP contribution in [0.1, 0.15) is 33.1 Å². The van der Waals surface area contributed by atoms with Crippen molar-refractivity contribution in [1.29, 1.82) is 0 Å². The number of furan rings is 1. The van der Waals surface area contributed by atoms with Crippen molar-refractivity contribution >= 4 is 40.9 Å². The van der Waals surface area contributed by atoms with E-state index in [0.717, 1.165) is 46.8 Å². The highest BCUT2D eigenvalue weighted by Crippen LogP contribution is 2.34. The Labute approximate surface area is 224 Å². The number of hydrogen-bond donors (Lipinski definition) is 2. The molecule has 2 aromatic carbocycles. The summed E-state index contributed by atoms with van der Waals surface area (Å²) in [5.41, 5.74) is 1.62. The number of aryl methyl sites for hydroxylation is 1. The number of nitrogens with zero attached hydrogens (tertiary/aromatic N) is 3. The molecule has 0 bridgehead atoms. The van der Waals surface area contributed by atoms with E-state index in [4.69, 9.17) is 16.0 Å². The molecule has 0 spiro atoms. The number of amides is 2. The van der Waals surface area contributed by atoms with Crippen LogP contribution in [0.5, 0.6) is 0 Å². The van der Waals surface area contributed by atoms with Crippen molar-refractivity contribution in [2.45, 2.75) is 31.7 Å². The van der Waals surface area contributed by atoms with Gasteiger partial charge in [0.05, 0.1) is 40.5 Å². The summed E-state index contributed by atoms with van der Waals surface area (Å²) in [4.78, 5) is 25.0. The van der Waals surface area contributed by atoms with E-state index in [2.05, 4.69) is 20.8 Å². The van der Waals surface area contributed by atoms with Crippen molar-refractivity contribution in [1.82, 2.24) is 20.1 Å². The van der Waals surface area contributed by atoms with Crippen molar-refractivity contribution in [3.63, 3.8) is 0 Å². The predicted molar refractivity (Wildman–Crippen MR) is 137 cm³/mol. The van der Waals surface area contributed by atoms with Gasteiger partial charge < -0.3 is 15.1 Å². The fourth-order valence-electron chi connectivity index (χ4n) is 3.50. The third-order valence-electron chi connectivity index (χ3n) is 5.57. The fraction of sp³-hybridized carbons (Fsp3) is 0.200. The first-order chi connectivity index (χ1) is 18.0. The van der Waals surface area contributed by atoms with Gasteiger partial charge in [-0.2, -0.15) is 13.2 Å². The van der Waals surface area contributed by atoms with Crippen LogP contribution in [-0.4, -0.2) is 32.3 Å². The largest absolute Gasteiger partial charge is 0.459 e. The number of nitrogens with one attached hydrogen (secondary N) is 2. The quantitative estimate of drug-likeness (QED) is 0.262. The molecule has 0 atom stereocenters. The lowest BCUT2D eigenvalue weighted by Crippen LogP contribution is -2.24. The molecule has 2 aromatic heterocycles. The Morgan fingerprint density at radius 1 is 1.11 bits per heavy atom. The number of hydrogen-bond acceptors (Lipinski definition) is 6. The van der Waals surface area contributed by atoms with E-state index in [1.165, 1.54) is 12.3 Å². The van der Waals surface area contributed by atoms with Crippen molar-refractivity contribution in [2.24, 2.45) is 0 Å². The van der Waals surface area contributed by atoms with Gasteiger partial charge >= 0.3 is 6.18 Å². The smallest absolute Gasteiger partial charge is 0.416 e. The minimum atomic E-state index is -4.58. The van der Waals surface area contributed by atoms with Crippen LogP contribution in [0.3, 0.4) is 0 Å². The molecule has 0 fully saturated rings. The van der Waals surface area contributed by atoms with Gasteiger partial charge in [-0.1, -0.05) is 35.5 Å². The standard InChI is InChI=1S/C25H21ClF3N5O3S/c1-14-5-3-6-19(15(14)2)34-21(12-30-23(36)20-7-4-10-37-20)32-33-24(34)38-13-22(35)31-18-11-16(25(27,28)29)8-9-17(18)26/h3-11H,12-13H2,1-2H3,(H,30,36)(H,31,35). The lowest BCUT2D eigenvalue weighted by Gasteiger charge is -2.15. The lowest BCUT2D eigenvalue weighted by atomic mass is 10.1. The highest BCUT2D eigenvalue weighted by Gasteiger charge is 2.31. The molecule has 2 heterocycles. The normalized spacial score (nSPS) is 11.4. The van der Waals surface area contributed by atoms with E-state index >= 15 is 0 Å². The van der Waals surface area contributed by atoms with E-state index in [9.17, 15) is 22.8 Å². The Morgan fingerprint density at radius 2 is 1.89 bits per heavy atom. The topological polar surface area (TPSA) is 102 Å². The number of anilines is 1. The van der Waals surface area contributed by atoms with Gasteiger partial charge in [0.15, 0.2) is 16.7 Å². The van der Waals surface area contributed by atoms with Crippen LogP contribution < -0.4 is 10.6 Å². The Morgan fingerprint density at radius 3 is 2.61 bits per heavy atom. The average molecular weight is 564 g/mol. The molecular formula is C25H21ClF3N5O3S. The number of carbonyl (C=O) groups is 2. The van der Waals surface area contributed by atoms with Crippen molar-refractivity contribution in [3.05, 3.63) is 88.1 Å². The molecule has 0 aliphatic rings. The zero-order valence-electron chi connectivity index (χ0n) is 20.1. The van der Waals surface area contributed by atoms with Gasteiger partial charge in [-0.3, -0.25) is 14.2 Å². The number of alkyl halides is 3. The maximum atomic E-state index is 13.1. The SMILES string of the molecule is Cc1cccc(-n2c(CNC(=O)c3ccco3)nnc2SCC(=O)Nc2cc(C(F)(F)F)ccc2Cl)c1C. The summed E-state index contributed by atoms with van der Waals surface area (Å²) >= 11 is 7.02. The third kappa shape index (κ3) is 6.20. The fourth-order valence-corrected chi connectivity index (χ4v) is 4.42. The Bertz CT molecular complexity index is 1470. The minimum absolute atomic E-state index is 0.0204. The Kier molecular flexibility index (Phi) is 8.12. The number of thioether (sulfide) groups is 1. The van der Waals surface area contributed by atoms with Crippen LogP contribution in [-0.2, 0) is 17.5 Å². The number of carbonyl (C=O) groups excluding carboxylic acids is 2. The summed E-state index contributed by atoms with van der Waals surface area (Å²) in [7, 11) is 0. The molecular weight excluding hydrogens is 543 g/mol. The highest BCUT2D eigenvalue weighted by atomic mass is 35.5. The second kappa shape index (κ2) is 11.3. The van der Waals surface area contributed by atoms with E-state index < -0.39 is 23.6 Å². The van der Waals surface area contributed by atoms with Crippen LogP contribution in [0, 0.1) is 13.8 Å². The zero-order chi connectivity index (χ0) is 27.4. The van der Waals surface area contributed by atoms with Gasteiger partial charge in [-0.25, -0.2) is 0 Å². The highest BCUT2D eigenvalue weighted by molar-refractivity contribution is 7.99. The van der Waals surface area contributed by atoms with Crippen LogP contribution in [0.25, 0.3) is 5.69 Å². The van der Waals surface area contributed by atoms with Crippen LogP contribution in [0.2, 0.25) is 5.02 Å². The third-order valence-corrected chi connectivity index (χ3v) is 6.83.